The molecule has 1 amide bonds. The highest BCUT2D eigenvalue weighted by Crippen LogP contribution is 2.64. The highest BCUT2D eigenvalue weighted by molar-refractivity contribution is 6.35. The molecule has 0 spiro atoms. The van der Waals surface area contributed by atoms with Crippen LogP contribution in [0, 0.1) is 16.7 Å². The third-order valence-electron chi connectivity index (χ3n) is 14.2. The number of ketones is 2. The van der Waals surface area contributed by atoms with Crippen LogP contribution in [0.1, 0.15) is 93.6 Å². The third-order valence-corrected chi connectivity index (χ3v) is 14.2. The summed E-state index contributed by atoms with van der Waals surface area (Å²) in [6.07, 6.45) is -11.5. The standard InChI is InChI=1S/C50H52N4O16/c1-25-33(67-46(63)39(68-44(61)30-17-12-9-13-18-30)37(52-43(60)26(2)55)29-15-10-8-11-16-29)23-50(64)42(69-45(62)31-19-14-20-32(21-31)53-54-51)40-48(7,34(58)22-35-49(40,24-65-35)70-28(4)57)41(59)38(66-27(3)56)36(25)47(50,5)6/h8-21,33-35,37-40,42,58,64H,22-24H2,1-7H3,(H,52,60)/t33-,34-,35+,37-,38+,39+,40-,42-,48+,49-,50+/m0/s1. The van der Waals surface area contributed by atoms with E-state index in [9.17, 15) is 39.0 Å². The molecule has 3 N–H and O–H groups in total. The zero-order valence-corrected chi connectivity index (χ0v) is 39.3. The number of carbonyl (C=O) groups is 8. The Balaban J connectivity index is 1.45. The monoisotopic (exact) mass is 964 g/mol. The van der Waals surface area contributed by atoms with Crippen molar-refractivity contribution in [3.05, 3.63) is 123 Å². The predicted octanol–water partition coefficient (Wildman–Crippen LogP) is 4.82. The Bertz CT molecular complexity index is 2720. The second-order valence-electron chi connectivity index (χ2n) is 18.7. The number of fused-ring (bicyclic) bond motifs is 5. The second-order valence-corrected chi connectivity index (χ2v) is 18.7. The lowest BCUT2D eigenvalue weighted by atomic mass is 9.44. The molecule has 2 saturated carbocycles. The number of hydrogen-bond acceptors (Lipinski definition) is 17. The number of ether oxygens (including phenoxy) is 6. The minimum atomic E-state index is -2.57. The first-order valence-electron chi connectivity index (χ1n) is 22.3. The summed E-state index contributed by atoms with van der Waals surface area (Å²) in [6, 6.07) is 19.1. The minimum Gasteiger partial charge on any atom is -0.455 e. The zero-order chi connectivity index (χ0) is 51.1. The molecule has 1 heterocycles. The van der Waals surface area contributed by atoms with Crippen LogP contribution in [0.2, 0.25) is 0 Å². The zero-order valence-electron chi connectivity index (χ0n) is 39.3. The van der Waals surface area contributed by atoms with E-state index in [0.717, 1.165) is 20.8 Å². The van der Waals surface area contributed by atoms with Gasteiger partial charge in [-0.25, -0.2) is 14.4 Å². The predicted molar refractivity (Wildman–Crippen MR) is 241 cm³/mol. The molecule has 0 unspecified atom stereocenters. The number of amides is 1. The number of azide groups is 1. The molecule has 20 heteroatoms. The quantitative estimate of drug-likeness (QED) is 0.0394. The fourth-order valence-corrected chi connectivity index (χ4v) is 10.6. The Morgan fingerprint density at radius 2 is 1.50 bits per heavy atom. The van der Waals surface area contributed by atoms with E-state index >= 15 is 9.59 Å². The van der Waals surface area contributed by atoms with Gasteiger partial charge in [0.1, 0.15) is 30.0 Å². The summed E-state index contributed by atoms with van der Waals surface area (Å²) < 4.78 is 36.4. The molecule has 1 saturated heterocycles. The number of hydrogen-bond donors (Lipinski definition) is 3. The fraction of sp³-hybridized carbons (Fsp3) is 0.440. The Hall–Kier alpha value is -7.25. The number of benzene rings is 3. The Morgan fingerprint density at radius 1 is 0.857 bits per heavy atom. The van der Waals surface area contributed by atoms with Crippen molar-refractivity contribution in [1.29, 1.82) is 0 Å². The van der Waals surface area contributed by atoms with Gasteiger partial charge in [-0.05, 0) is 60.4 Å². The average molecular weight is 965 g/mol. The maximum atomic E-state index is 15.7. The van der Waals surface area contributed by atoms with Crippen molar-refractivity contribution in [2.24, 2.45) is 21.9 Å². The van der Waals surface area contributed by atoms with Crippen molar-refractivity contribution in [2.75, 3.05) is 6.61 Å². The molecule has 70 heavy (non-hydrogen) atoms. The van der Waals surface area contributed by atoms with Crippen molar-refractivity contribution in [2.45, 2.75) is 115 Å². The van der Waals surface area contributed by atoms with E-state index in [0.29, 0.717) is 0 Å². The van der Waals surface area contributed by atoms with Crippen LogP contribution in [0.5, 0.6) is 0 Å². The van der Waals surface area contributed by atoms with Gasteiger partial charge in [0, 0.05) is 49.6 Å². The normalized spacial score (nSPS) is 29.2. The molecule has 1 aliphatic heterocycles. The molecule has 3 aliphatic carbocycles. The maximum absolute atomic E-state index is 15.7. The van der Waals surface area contributed by atoms with Crippen LogP contribution in [-0.4, -0.2) is 112 Å². The van der Waals surface area contributed by atoms with Crippen molar-refractivity contribution in [3.63, 3.8) is 0 Å². The van der Waals surface area contributed by atoms with Gasteiger partial charge in [0.2, 0.25) is 11.9 Å². The van der Waals surface area contributed by atoms with Gasteiger partial charge in [-0.15, -0.1) is 0 Å². The number of Topliss-reactive ketones (excluding diaryl/α,β-unsaturated/α-hetero) is 2. The van der Waals surface area contributed by atoms with E-state index in [-0.39, 0.29) is 39.9 Å². The summed E-state index contributed by atoms with van der Waals surface area (Å²) in [6.45, 7) is 8.47. The van der Waals surface area contributed by atoms with Crippen molar-refractivity contribution < 1.29 is 77.0 Å². The lowest BCUT2D eigenvalue weighted by molar-refractivity contribution is -0.346. The van der Waals surface area contributed by atoms with Gasteiger partial charge in [-0.3, -0.25) is 24.0 Å². The molecule has 0 aromatic heterocycles. The van der Waals surface area contributed by atoms with Gasteiger partial charge in [0.05, 0.1) is 35.2 Å². The molecular weight excluding hydrogens is 913 g/mol. The van der Waals surface area contributed by atoms with E-state index in [4.69, 9.17) is 34.0 Å². The third kappa shape index (κ3) is 8.83. The van der Waals surface area contributed by atoms with Gasteiger partial charge in [0.25, 0.3) is 5.91 Å². The van der Waals surface area contributed by atoms with Crippen LogP contribution in [-0.2, 0) is 57.2 Å². The lowest BCUT2D eigenvalue weighted by Gasteiger charge is -2.67. The molecule has 368 valence electrons. The van der Waals surface area contributed by atoms with Crippen LogP contribution in [0.15, 0.2) is 101 Å². The Kier molecular flexibility index (Phi) is 13.9. The molecule has 4 aliphatic rings. The van der Waals surface area contributed by atoms with Crippen molar-refractivity contribution >= 4 is 53.0 Å². The maximum Gasteiger partial charge on any atom is 0.350 e. The summed E-state index contributed by atoms with van der Waals surface area (Å²) in [5.41, 5.74) is 0.645. The molecule has 0 radical (unpaired) electrons. The van der Waals surface area contributed by atoms with Gasteiger partial charge in [0.15, 0.2) is 17.5 Å². The number of aliphatic hydroxyl groups is 2. The summed E-state index contributed by atoms with van der Waals surface area (Å²) >= 11 is 0. The molecule has 20 nitrogen and oxygen atoms in total. The largest absolute Gasteiger partial charge is 0.455 e. The smallest absolute Gasteiger partial charge is 0.350 e. The summed E-state index contributed by atoms with van der Waals surface area (Å²) in [5, 5.41) is 32.1. The van der Waals surface area contributed by atoms with Crippen LogP contribution >= 0.6 is 0 Å². The van der Waals surface area contributed by atoms with Gasteiger partial charge >= 0.3 is 29.8 Å². The van der Waals surface area contributed by atoms with Crippen LogP contribution < -0.4 is 5.32 Å². The minimum absolute atomic E-state index is 0.00522. The molecule has 3 fully saturated rings. The Morgan fingerprint density at radius 3 is 2.09 bits per heavy atom. The summed E-state index contributed by atoms with van der Waals surface area (Å²) in [5.74, 6) is -10.1. The van der Waals surface area contributed by atoms with E-state index < -0.39 is 131 Å². The first kappa shape index (κ1) is 50.6. The van der Waals surface area contributed by atoms with E-state index in [1.807, 2.05) is 0 Å². The molecule has 3 aromatic carbocycles. The lowest BCUT2D eigenvalue weighted by Crippen LogP contribution is -2.82. The molecule has 7 rings (SSSR count). The molecule has 11 atom stereocenters. The van der Waals surface area contributed by atoms with Crippen LogP contribution in [0.4, 0.5) is 5.69 Å². The molecular formula is C50H52N4O16. The number of aliphatic hydroxyl groups excluding tert-OH is 1. The topological polar surface area (TPSA) is 293 Å². The Labute approximate surface area is 401 Å². The second kappa shape index (κ2) is 19.3. The summed E-state index contributed by atoms with van der Waals surface area (Å²) in [4.78, 5) is 114. The number of rotatable bonds is 13. The summed E-state index contributed by atoms with van der Waals surface area (Å²) in [7, 11) is 0. The van der Waals surface area contributed by atoms with Gasteiger partial charge in [-0.1, -0.05) is 79.6 Å². The van der Waals surface area contributed by atoms with E-state index in [1.165, 1.54) is 76.2 Å². The highest BCUT2D eigenvalue weighted by atomic mass is 16.6. The highest BCUT2D eigenvalue weighted by Gasteiger charge is 2.78. The van der Waals surface area contributed by atoms with E-state index in [1.54, 1.807) is 36.4 Å². The number of esters is 5. The molecule has 3 aromatic rings. The van der Waals surface area contributed by atoms with E-state index in [2.05, 4.69) is 15.3 Å². The van der Waals surface area contributed by atoms with Crippen molar-refractivity contribution in [3.8, 4) is 0 Å². The van der Waals surface area contributed by atoms with Crippen molar-refractivity contribution in [1.82, 2.24) is 5.32 Å². The average Bonchev–Trinajstić information content (AvgIpc) is 3.31. The van der Waals surface area contributed by atoms with Crippen LogP contribution in [0.25, 0.3) is 10.4 Å². The first-order chi connectivity index (χ1) is 33.0. The fourth-order valence-electron chi connectivity index (χ4n) is 10.6. The number of carbonyl (C=O) groups excluding carboxylic acids is 8. The molecule has 2 bridgehead atoms. The number of nitrogens with one attached hydrogen (secondary N) is 1. The number of nitrogens with zero attached hydrogens (tertiary/aromatic N) is 3. The first-order valence-corrected chi connectivity index (χ1v) is 22.3. The van der Waals surface area contributed by atoms with Gasteiger partial charge < -0.3 is 44.0 Å². The van der Waals surface area contributed by atoms with Gasteiger partial charge in [-0.2, -0.15) is 0 Å². The van der Waals surface area contributed by atoms with Crippen LogP contribution in [0.3, 0.4) is 0 Å². The SMILES string of the molecule is CC(=O)O[C@H]1C(=O)[C@@]2(C)[C@H]([C@H](OC(=O)c3cccc(N=[N+]=[N-])c3)[C@]3(O)C[C@H](OC(=O)[C@H](OC(=O)c4ccccc4)[C@@H](NC(=O)C(C)=O)c4ccccc4)C(C)=C1C3(C)C)[C@]1(OC(C)=O)CO[C@@H]1C[C@@H]2O.